The summed E-state index contributed by atoms with van der Waals surface area (Å²) in [6, 6.07) is 4.09. The van der Waals surface area contributed by atoms with Gasteiger partial charge in [0.15, 0.2) is 0 Å². The average Bonchev–Trinajstić information content (AvgIpc) is 2.77. The molecule has 6 nitrogen and oxygen atoms in total. The number of halogens is 1. The first kappa shape index (κ1) is 13.4. The molecule has 0 aliphatic heterocycles. The van der Waals surface area contributed by atoms with Crippen LogP contribution in [-0.4, -0.2) is 15.8 Å². The maximum absolute atomic E-state index is 11.9. The quantitative estimate of drug-likeness (QED) is 0.696. The van der Waals surface area contributed by atoms with Crippen LogP contribution in [0, 0.1) is 17.0 Å². The van der Waals surface area contributed by atoms with Gasteiger partial charge in [-0.1, -0.05) is 11.6 Å². The van der Waals surface area contributed by atoms with Crippen LogP contribution in [0.2, 0.25) is 5.02 Å². The van der Waals surface area contributed by atoms with E-state index in [-0.39, 0.29) is 16.6 Å². The number of amides is 1. The number of anilines is 1. The number of nitro benzene ring substituents is 1. The molecule has 19 heavy (non-hydrogen) atoms. The third-order valence-corrected chi connectivity index (χ3v) is 3.60. The highest BCUT2D eigenvalue weighted by Gasteiger charge is 2.16. The number of rotatable bonds is 3. The lowest BCUT2D eigenvalue weighted by Gasteiger charge is -2.04. The van der Waals surface area contributed by atoms with Gasteiger partial charge < -0.3 is 5.32 Å². The summed E-state index contributed by atoms with van der Waals surface area (Å²) in [6.45, 7) is 1.72. The Bertz CT molecular complexity index is 656. The second-order valence-electron chi connectivity index (χ2n) is 3.64. The number of nitrogens with zero attached hydrogens (tertiary/aromatic N) is 2. The van der Waals surface area contributed by atoms with Gasteiger partial charge in [0.25, 0.3) is 11.6 Å². The Morgan fingerprint density at radius 3 is 2.84 bits per heavy atom. The van der Waals surface area contributed by atoms with Crippen LogP contribution in [0.25, 0.3) is 0 Å². The molecule has 8 heteroatoms. The van der Waals surface area contributed by atoms with Gasteiger partial charge in [-0.25, -0.2) is 4.98 Å². The number of nitro groups is 1. The van der Waals surface area contributed by atoms with Gasteiger partial charge in [0.2, 0.25) is 0 Å². The Morgan fingerprint density at radius 1 is 1.53 bits per heavy atom. The van der Waals surface area contributed by atoms with Crippen molar-refractivity contribution in [2.75, 3.05) is 5.32 Å². The Morgan fingerprint density at radius 2 is 2.26 bits per heavy atom. The fourth-order valence-electron chi connectivity index (χ4n) is 1.44. The third kappa shape index (κ3) is 2.88. The number of aromatic nitrogens is 1. The van der Waals surface area contributed by atoms with Crippen LogP contribution in [0.15, 0.2) is 23.7 Å². The summed E-state index contributed by atoms with van der Waals surface area (Å²) in [5, 5.41) is 13.3. The van der Waals surface area contributed by atoms with Crippen molar-refractivity contribution in [3.63, 3.8) is 0 Å². The summed E-state index contributed by atoms with van der Waals surface area (Å²) < 4.78 is 0. The first-order valence-electron chi connectivity index (χ1n) is 5.14. The zero-order chi connectivity index (χ0) is 14.0. The van der Waals surface area contributed by atoms with Gasteiger partial charge >= 0.3 is 0 Å². The standard InChI is InChI=1S/C11H8ClN3O3S/c1-6-10(19-5-13-6)11(16)14-7-2-3-8(12)9(4-7)15(17)18/h2-5H,1H3,(H,14,16). The van der Waals surface area contributed by atoms with Crippen molar-refractivity contribution in [2.24, 2.45) is 0 Å². The maximum atomic E-state index is 11.9. The zero-order valence-electron chi connectivity index (χ0n) is 9.71. The molecule has 2 aromatic rings. The summed E-state index contributed by atoms with van der Waals surface area (Å²) in [7, 11) is 0. The molecule has 0 radical (unpaired) electrons. The van der Waals surface area contributed by atoms with E-state index in [0.29, 0.717) is 16.3 Å². The SMILES string of the molecule is Cc1ncsc1C(=O)Nc1ccc(Cl)c([N+](=O)[O-])c1. The minimum Gasteiger partial charge on any atom is -0.321 e. The molecule has 98 valence electrons. The highest BCUT2D eigenvalue weighted by atomic mass is 35.5. The van der Waals surface area contributed by atoms with E-state index in [2.05, 4.69) is 10.3 Å². The Hall–Kier alpha value is -1.99. The van der Waals surface area contributed by atoms with E-state index < -0.39 is 4.92 Å². The van der Waals surface area contributed by atoms with Crippen LogP contribution in [0.5, 0.6) is 0 Å². The minimum atomic E-state index is -0.601. The molecule has 1 amide bonds. The van der Waals surface area contributed by atoms with Crippen molar-refractivity contribution in [3.05, 3.63) is 49.4 Å². The number of thiazole rings is 1. The zero-order valence-corrected chi connectivity index (χ0v) is 11.3. The molecule has 1 aromatic carbocycles. The fourth-order valence-corrected chi connectivity index (χ4v) is 2.32. The summed E-state index contributed by atoms with van der Waals surface area (Å²) >= 11 is 6.90. The average molecular weight is 298 g/mol. The lowest BCUT2D eigenvalue weighted by molar-refractivity contribution is -0.384. The van der Waals surface area contributed by atoms with E-state index in [9.17, 15) is 14.9 Å². The van der Waals surface area contributed by atoms with Gasteiger partial charge in [0, 0.05) is 11.8 Å². The Kier molecular flexibility index (Phi) is 3.77. The van der Waals surface area contributed by atoms with E-state index in [1.165, 1.54) is 29.5 Å². The predicted molar refractivity (Wildman–Crippen MR) is 72.9 cm³/mol. The first-order chi connectivity index (χ1) is 8.99. The molecular formula is C11H8ClN3O3S. The normalized spacial score (nSPS) is 10.2. The van der Waals surface area contributed by atoms with Crippen LogP contribution in [-0.2, 0) is 0 Å². The second kappa shape index (κ2) is 5.33. The van der Waals surface area contributed by atoms with Crippen molar-refractivity contribution >= 4 is 40.2 Å². The van der Waals surface area contributed by atoms with Gasteiger partial charge in [-0.15, -0.1) is 11.3 Å². The largest absolute Gasteiger partial charge is 0.321 e. The molecule has 1 heterocycles. The molecule has 0 aliphatic carbocycles. The molecule has 0 aliphatic rings. The molecular weight excluding hydrogens is 290 g/mol. The van der Waals surface area contributed by atoms with E-state index >= 15 is 0 Å². The first-order valence-corrected chi connectivity index (χ1v) is 6.40. The number of carbonyl (C=O) groups excluding carboxylic acids is 1. The minimum absolute atomic E-state index is 0.0250. The number of carbonyl (C=O) groups is 1. The van der Waals surface area contributed by atoms with Crippen LogP contribution >= 0.6 is 22.9 Å². The predicted octanol–water partition coefficient (Wildman–Crippen LogP) is 3.27. The van der Waals surface area contributed by atoms with E-state index in [1.54, 1.807) is 12.4 Å². The molecule has 0 atom stereocenters. The van der Waals surface area contributed by atoms with Crippen LogP contribution in [0.4, 0.5) is 11.4 Å². The van der Waals surface area contributed by atoms with E-state index in [0.717, 1.165) is 0 Å². The number of benzene rings is 1. The lowest BCUT2D eigenvalue weighted by Crippen LogP contribution is -2.11. The van der Waals surface area contributed by atoms with Crippen molar-refractivity contribution in [1.82, 2.24) is 4.98 Å². The number of nitrogens with one attached hydrogen (secondary N) is 1. The summed E-state index contributed by atoms with van der Waals surface area (Å²) in [5.74, 6) is -0.350. The van der Waals surface area contributed by atoms with Gasteiger partial charge in [0.1, 0.15) is 9.90 Å². The van der Waals surface area contributed by atoms with Crippen molar-refractivity contribution in [3.8, 4) is 0 Å². The van der Waals surface area contributed by atoms with Gasteiger partial charge in [-0.3, -0.25) is 14.9 Å². The number of hydrogen-bond donors (Lipinski definition) is 1. The number of aryl methyl sites for hydroxylation is 1. The molecule has 0 saturated heterocycles. The molecule has 1 aromatic heterocycles. The van der Waals surface area contributed by atoms with Gasteiger partial charge in [-0.05, 0) is 19.1 Å². The summed E-state index contributed by atoms with van der Waals surface area (Å²) in [6.07, 6.45) is 0. The third-order valence-electron chi connectivity index (χ3n) is 2.35. The van der Waals surface area contributed by atoms with Crippen LogP contribution in [0.3, 0.4) is 0 Å². The van der Waals surface area contributed by atoms with E-state index in [4.69, 9.17) is 11.6 Å². The molecule has 2 rings (SSSR count). The number of hydrogen-bond acceptors (Lipinski definition) is 5. The molecule has 0 bridgehead atoms. The Labute approximate surface area is 117 Å². The molecule has 0 spiro atoms. The van der Waals surface area contributed by atoms with Crippen molar-refractivity contribution in [2.45, 2.75) is 6.92 Å². The van der Waals surface area contributed by atoms with Crippen LogP contribution in [0.1, 0.15) is 15.4 Å². The fraction of sp³-hybridized carbons (Fsp3) is 0.0909. The topological polar surface area (TPSA) is 85.1 Å². The second-order valence-corrected chi connectivity index (χ2v) is 4.91. The van der Waals surface area contributed by atoms with Crippen molar-refractivity contribution in [1.29, 1.82) is 0 Å². The van der Waals surface area contributed by atoms with Gasteiger partial charge in [0.05, 0.1) is 16.1 Å². The van der Waals surface area contributed by atoms with Crippen molar-refractivity contribution < 1.29 is 9.72 Å². The molecule has 1 N–H and O–H groups in total. The highest BCUT2D eigenvalue weighted by Crippen LogP contribution is 2.27. The van der Waals surface area contributed by atoms with E-state index in [1.807, 2.05) is 0 Å². The lowest BCUT2D eigenvalue weighted by atomic mass is 10.2. The van der Waals surface area contributed by atoms with Crippen LogP contribution < -0.4 is 5.32 Å². The Balaban J connectivity index is 2.25. The highest BCUT2D eigenvalue weighted by molar-refractivity contribution is 7.12. The van der Waals surface area contributed by atoms with Gasteiger partial charge in [-0.2, -0.15) is 0 Å². The summed E-state index contributed by atoms with van der Waals surface area (Å²) in [5.41, 5.74) is 2.24. The molecule has 0 fully saturated rings. The maximum Gasteiger partial charge on any atom is 0.289 e. The monoisotopic (exact) mass is 297 g/mol. The molecule has 0 unspecified atom stereocenters. The smallest absolute Gasteiger partial charge is 0.289 e. The molecule has 0 saturated carbocycles. The summed E-state index contributed by atoms with van der Waals surface area (Å²) in [4.78, 5) is 26.5.